The molecule has 0 aromatic rings. The molecule has 11 heavy (non-hydrogen) atoms. The molecule has 0 spiro atoms. The summed E-state index contributed by atoms with van der Waals surface area (Å²) in [5, 5.41) is 0. The van der Waals surface area contributed by atoms with E-state index in [2.05, 4.69) is 32.6 Å². The molecule has 0 radical (unpaired) electrons. The Balaban J connectivity index is 3.76. The number of likely N-dealkylation sites (N-methyl/N-ethyl adjacent to an activating group) is 1. The highest BCUT2D eigenvalue weighted by atomic mass is 16.5. The summed E-state index contributed by atoms with van der Waals surface area (Å²) < 4.78 is 5.03. The van der Waals surface area contributed by atoms with Gasteiger partial charge in [0.1, 0.15) is 0 Å². The number of nitrogens with zero attached hydrogens (tertiary/aromatic N) is 1. The van der Waals surface area contributed by atoms with Crippen LogP contribution in [-0.4, -0.2) is 37.2 Å². The van der Waals surface area contributed by atoms with Gasteiger partial charge in [0, 0.05) is 19.2 Å². The first-order chi connectivity index (χ1) is 5.02. The molecule has 0 N–H and O–H groups in total. The van der Waals surface area contributed by atoms with Gasteiger partial charge in [-0.1, -0.05) is 6.92 Å². The van der Waals surface area contributed by atoms with Gasteiger partial charge in [0.2, 0.25) is 0 Å². The van der Waals surface area contributed by atoms with Crippen LogP contribution in [-0.2, 0) is 4.74 Å². The van der Waals surface area contributed by atoms with Crippen LogP contribution in [0.4, 0.5) is 0 Å². The molecule has 0 unspecified atom stereocenters. The minimum Gasteiger partial charge on any atom is -0.383 e. The van der Waals surface area contributed by atoms with Crippen molar-refractivity contribution in [2.24, 2.45) is 0 Å². The normalized spacial score (nSPS) is 12.5. The Bertz CT molecular complexity index is 96.2. The first-order valence-electron chi connectivity index (χ1n) is 4.26. The Labute approximate surface area is 70.5 Å². The molecule has 2 nitrogen and oxygen atoms in total. The van der Waals surface area contributed by atoms with E-state index in [0.717, 1.165) is 19.7 Å². The second kappa shape index (κ2) is 4.73. The molecule has 0 aromatic carbocycles. The zero-order chi connectivity index (χ0) is 8.91. The number of ether oxygens (including phenoxy) is 1. The summed E-state index contributed by atoms with van der Waals surface area (Å²) in [6, 6.07) is 0. The molecular formula is C9H21NO. The third-order valence-corrected chi connectivity index (χ3v) is 1.90. The smallest absolute Gasteiger partial charge is 0.0589 e. The molecule has 0 bridgehead atoms. The van der Waals surface area contributed by atoms with E-state index < -0.39 is 0 Å². The molecule has 0 saturated heterocycles. The van der Waals surface area contributed by atoms with Crippen LogP contribution in [0.5, 0.6) is 0 Å². The van der Waals surface area contributed by atoms with Gasteiger partial charge in [0.05, 0.1) is 6.61 Å². The van der Waals surface area contributed by atoms with Crippen molar-refractivity contribution >= 4 is 0 Å². The lowest BCUT2D eigenvalue weighted by Gasteiger charge is -2.34. The number of methoxy groups -OCH3 is 1. The SMILES string of the molecule is CCN(CCOC)C(C)(C)C. The topological polar surface area (TPSA) is 12.5 Å². The van der Waals surface area contributed by atoms with Crippen molar-refractivity contribution in [3.05, 3.63) is 0 Å². The zero-order valence-corrected chi connectivity index (χ0v) is 8.48. The monoisotopic (exact) mass is 159 g/mol. The molecule has 0 aliphatic heterocycles. The van der Waals surface area contributed by atoms with Crippen LogP contribution in [0.3, 0.4) is 0 Å². The van der Waals surface area contributed by atoms with E-state index in [4.69, 9.17) is 4.74 Å². The molecule has 68 valence electrons. The van der Waals surface area contributed by atoms with Gasteiger partial charge < -0.3 is 4.74 Å². The fourth-order valence-corrected chi connectivity index (χ4v) is 1.17. The van der Waals surface area contributed by atoms with Crippen LogP contribution < -0.4 is 0 Å². The molecule has 0 amide bonds. The van der Waals surface area contributed by atoms with E-state index in [1.165, 1.54) is 0 Å². The van der Waals surface area contributed by atoms with Crippen LogP contribution >= 0.6 is 0 Å². The number of rotatable bonds is 4. The predicted octanol–water partition coefficient (Wildman–Crippen LogP) is 1.75. The molecule has 2 heteroatoms. The van der Waals surface area contributed by atoms with Gasteiger partial charge in [0.15, 0.2) is 0 Å². The molecule has 0 rings (SSSR count). The molecule has 0 aromatic heterocycles. The van der Waals surface area contributed by atoms with Crippen molar-refractivity contribution in [3.63, 3.8) is 0 Å². The Hall–Kier alpha value is -0.0800. The van der Waals surface area contributed by atoms with Crippen molar-refractivity contribution < 1.29 is 4.74 Å². The molecule has 0 fully saturated rings. The van der Waals surface area contributed by atoms with E-state index in [0.29, 0.717) is 0 Å². The summed E-state index contributed by atoms with van der Waals surface area (Å²) in [5.41, 5.74) is 0.271. The largest absolute Gasteiger partial charge is 0.383 e. The summed E-state index contributed by atoms with van der Waals surface area (Å²) in [4.78, 5) is 2.40. The second-order valence-corrected chi connectivity index (χ2v) is 3.74. The fourth-order valence-electron chi connectivity index (χ4n) is 1.17. The molecule has 0 heterocycles. The van der Waals surface area contributed by atoms with Crippen molar-refractivity contribution in [1.82, 2.24) is 4.90 Å². The quantitative estimate of drug-likeness (QED) is 0.619. The molecule has 0 aliphatic rings. The van der Waals surface area contributed by atoms with Gasteiger partial charge in [-0.05, 0) is 27.3 Å². The molecule has 0 atom stereocenters. The summed E-state index contributed by atoms with van der Waals surface area (Å²) in [7, 11) is 1.75. The Morgan fingerprint density at radius 1 is 1.27 bits per heavy atom. The molecule has 0 aliphatic carbocycles. The van der Waals surface area contributed by atoms with Crippen molar-refractivity contribution in [2.45, 2.75) is 33.2 Å². The van der Waals surface area contributed by atoms with Crippen LogP contribution in [0.1, 0.15) is 27.7 Å². The lowest BCUT2D eigenvalue weighted by Crippen LogP contribution is -2.42. The van der Waals surface area contributed by atoms with Gasteiger partial charge in [-0.3, -0.25) is 4.90 Å². The summed E-state index contributed by atoms with van der Waals surface area (Å²) in [5.74, 6) is 0. The standard InChI is InChI=1S/C9H21NO/c1-6-10(7-8-11-5)9(2,3)4/h6-8H2,1-5H3. The maximum atomic E-state index is 5.03. The maximum absolute atomic E-state index is 5.03. The number of hydrogen-bond donors (Lipinski definition) is 0. The van der Waals surface area contributed by atoms with Gasteiger partial charge >= 0.3 is 0 Å². The average molecular weight is 159 g/mol. The van der Waals surface area contributed by atoms with Gasteiger partial charge in [-0.15, -0.1) is 0 Å². The Morgan fingerprint density at radius 3 is 2.09 bits per heavy atom. The van der Waals surface area contributed by atoms with E-state index in [-0.39, 0.29) is 5.54 Å². The highest BCUT2D eigenvalue weighted by Crippen LogP contribution is 2.11. The van der Waals surface area contributed by atoms with Crippen molar-refractivity contribution in [1.29, 1.82) is 0 Å². The van der Waals surface area contributed by atoms with Crippen LogP contribution in [0, 0.1) is 0 Å². The highest BCUT2D eigenvalue weighted by molar-refractivity contribution is 4.74. The van der Waals surface area contributed by atoms with Gasteiger partial charge in [0.25, 0.3) is 0 Å². The van der Waals surface area contributed by atoms with E-state index in [9.17, 15) is 0 Å². The predicted molar refractivity (Wildman–Crippen MR) is 48.9 cm³/mol. The van der Waals surface area contributed by atoms with Gasteiger partial charge in [-0.2, -0.15) is 0 Å². The third kappa shape index (κ3) is 4.38. The van der Waals surface area contributed by atoms with Crippen LogP contribution in [0.25, 0.3) is 0 Å². The minimum atomic E-state index is 0.271. The van der Waals surface area contributed by atoms with Crippen molar-refractivity contribution in [3.8, 4) is 0 Å². The summed E-state index contributed by atoms with van der Waals surface area (Å²) in [6.45, 7) is 11.8. The first-order valence-corrected chi connectivity index (χ1v) is 4.26. The maximum Gasteiger partial charge on any atom is 0.0589 e. The lowest BCUT2D eigenvalue weighted by molar-refractivity contribution is 0.0921. The van der Waals surface area contributed by atoms with E-state index in [1.54, 1.807) is 7.11 Å². The molecule has 0 saturated carbocycles. The number of hydrogen-bond acceptors (Lipinski definition) is 2. The average Bonchev–Trinajstić information content (AvgIpc) is 1.87. The lowest BCUT2D eigenvalue weighted by atomic mass is 10.1. The Kier molecular flexibility index (Phi) is 4.69. The zero-order valence-electron chi connectivity index (χ0n) is 8.48. The summed E-state index contributed by atoms with van der Waals surface area (Å²) in [6.07, 6.45) is 0. The van der Waals surface area contributed by atoms with E-state index >= 15 is 0 Å². The first kappa shape index (κ1) is 10.9. The van der Waals surface area contributed by atoms with Crippen LogP contribution in [0.15, 0.2) is 0 Å². The van der Waals surface area contributed by atoms with Gasteiger partial charge in [-0.25, -0.2) is 0 Å². The second-order valence-electron chi connectivity index (χ2n) is 3.74. The molecular weight excluding hydrogens is 138 g/mol. The Morgan fingerprint density at radius 2 is 1.82 bits per heavy atom. The minimum absolute atomic E-state index is 0.271. The van der Waals surface area contributed by atoms with Crippen LogP contribution in [0.2, 0.25) is 0 Å². The van der Waals surface area contributed by atoms with Crippen molar-refractivity contribution in [2.75, 3.05) is 26.8 Å². The summed E-state index contributed by atoms with van der Waals surface area (Å²) >= 11 is 0. The third-order valence-electron chi connectivity index (χ3n) is 1.90. The fraction of sp³-hybridized carbons (Fsp3) is 1.00. The van der Waals surface area contributed by atoms with E-state index in [1.807, 2.05) is 0 Å². The highest BCUT2D eigenvalue weighted by Gasteiger charge is 2.18.